The average Bonchev–Trinajstić information content (AvgIpc) is 3.28. The Bertz CT molecular complexity index is 1520. The maximum atomic E-state index is 9.75. The average molecular weight is 529 g/mol. The van der Waals surface area contributed by atoms with E-state index >= 15 is 0 Å². The molecule has 0 spiro atoms. The van der Waals surface area contributed by atoms with Crippen molar-refractivity contribution in [3.05, 3.63) is 130 Å². The molecule has 6 rings (SSSR count). The van der Waals surface area contributed by atoms with E-state index in [-0.39, 0.29) is 12.1 Å². The predicted molar refractivity (Wildman–Crippen MR) is 151 cm³/mol. The van der Waals surface area contributed by atoms with Crippen LogP contribution in [0.1, 0.15) is 45.5 Å². The van der Waals surface area contributed by atoms with Gasteiger partial charge in [-0.2, -0.15) is 0 Å². The normalized spacial score (nSPS) is 17.9. The zero-order valence-corrected chi connectivity index (χ0v) is 21.9. The van der Waals surface area contributed by atoms with Gasteiger partial charge in [-0.3, -0.25) is 0 Å². The summed E-state index contributed by atoms with van der Waals surface area (Å²) in [5.41, 5.74) is 9.93. The lowest BCUT2D eigenvalue weighted by molar-refractivity contribution is -0.450. The number of rotatable bonds is 3. The second-order valence-corrected chi connectivity index (χ2v) is 9.82. The van der Waals surface area contributed by atoms with Crippen molar-refractivity contribution < 1.29 is 21.8 Å². The van der Waals surface area contributed by atoms with Crippen molar-refractivity contribution in [2.24, 2.45) is 4.99 Å². The van der Waals surface area contributed by atoms with E-state index in [1.54, 1.807) is 0 Å². The van der Waals surface area contributed by atoms with Crippen molar-refractivity contribution in [2.75, 3.05) is 4.90 Å². The number of benzene rings is 4. The van der Waals surface area contributed by atoms with Gasteiger partial charge in [0, 0.05) is 0 Å². The second kappa shape index (κ2) is 10.5. The third-order valence-corrected chi connectivity index (χ3v) is 6.91. The van der Waals surface area contributed by atoms with Crippen LogP contribution in [0.5, 0.6) is 0 Å². The first-order chi connectivity index (χ1) is 18.6. The Balaban J connectivity index is 0.000000567. The van der Waals surface area contributed by atoms with E-state index in [0.29, 0.717) is 0 Å². The Labute approximate surface area is 225 Å². The minimum absolute atomic E-state index is 0.0167. The summed E-state index contributed by atoms with van der Waals surface area (Å²) in [4.78, 5) is 7.71. The topological polar surface area (TPSA) is 18.6 Å². The number of nitrogens with zero attached hydrogens (tertiary/aromatic N) is 3. The van der Waals surface area contributed by atoms with Crippen LogP contribution in [0.15, 0.2) is 102 Å². The molecule has 2 aliphatic rings. The summed E-state index contributed by atoms with van der Waals surface area (Å²) in [5, 5.41) is 0. The highest BCUT2D eigenvalue weighted by molar-refractivity contribution is 6.50. The quantitative estimate of drug-likeness (QED) is 0.148. The van der Waals surface area contributed by atoms with Gasteiger partial charge in [-0.05, 0) is 55.2 Å². The number of anilines is 2. The first-order valence-electron chi connectivity index (χ1n) is 12.8. The van der Waals surface area contributed by atoms with Crippen LogP contribution in [0, 0.1) is 20.8 Å². The van der Waals surface area contributed by atoms with E-state index in [0.717, 1.165) is 5.84 Å². The molecule has 0 aromatic heterocycles. The first kappa shape index (κ1) is 26.4. The zero-order valence-electron chi connectivity index (χ0n) is 21.9. The summed E-state index contributed by atoms with van der Waals surface area (Å²) in [7, 11) is -6.00. The predicted octanol–water partition coefficient (Wildman–Crippen LogP) is 8.35. The number of hydrogen-bond donors (Lipinski definition) is 0. The number of aryl methyl sites for hydroxylation is 3. The van der Waals surface area contributed by atoms with Crippen LogP contribution in [0.4, 0.5) is 28.6 Å². The highest BCUT2D eigenvalue weighted by atomic mass is 19.5. The van der Waals surface area contributed by atoms with Gasteiger partial charge in [-0.25, -0.2) is 9.48 Å². The summed E-state index contributed by atoms with van der Waals surface area (Å²) in [6.07, 6.45) is 2.27. The first-order valence-corrected chi connectivity index (χ1v) is 12.8. The van der Waals surface area contributed by atoms with Gasteiger partial charge >= 0.3 is 7.25 Å². The fourth-order valence-electron chi connectivity index (χ4n) is 5.58. The Morgan fingerprint density at radius 2 is 1.23 bits per heavy atom. The van der Waals surface area contributed by atoms with Crippen molar-refractivity contribution in [2.45, 2.75) is 32.9 Å². The largest absolute Gasteiger partial charge is 0.673 e. The van der Waals surface area contributed by atoms with Gasteiger partial charge in [-0.1, -0.05) is 90.5 Å². The van der Waals surface area contributed by atoms with Crippen molar-refractivity contribution >= 4 is 30.8 Å². The van der Waals surface area contributed by atoms with Crippen molar-refractivity contribution in [1.82, 2.24) is 0 Å². The van der Waals surface area contributed by atoms with Crippen molar-refractivity contribution in [3.8, 4) is 0 Å². The van der Waals surface area contributed by atoms with Crippen LogP contribution in [0.3, 0.4) is 0 Å². The molecule has 2 atom stereocenters. The van der Waals surface area contributed by atoms with Crippen LogP contribution < -0.4 is 4.90 Å². The van der Waals surface area contributed by atoms with Crippen LogP contribution in [-0.2, 0) is 0 Å². The molecule has 39 heavy (non-hydrogen) atoms. The Morgan fingerprint density at radius 1 is 0.718 bits per heavy atom. The van der Waals surface area contributed by atoms with E-state index in [1.165, 1.54) is 44.8 Å². The molecule has 198 valence electrons. The van der Waals surface area contributed by atoms with E-state index in [1.807, 2.05) is 0 Å². The number of fused-ring (bicyclic) bond motifs is 3. The molecule has 3 nitrogen and oxygen atoms in total. The van der Waals surface area contributed by atoms with Gasteiger partial charge < -0.3 is 17.3 Å². The molecule has 0 fully saturated rings. The number of amidine groups is 1. The van der Waals surface area contributed by atoms with E-state index < -0.39 is 7.25 Å². The Morgan fingerprint density at radius 3 is 1.82 bits per heavy atom. The minimum atomic E-state index is -6.00. The number of aliphatic imine (C=N–C) groups is 1. The molecule has 0 N–H and O–H groups in total. The molecule has 4 aromatic rings. The van der Waals surface area contributed by atoms with Gasteiger partial charge in [0.15, 0.2) is 12.4 Å². The van der Waals surface area contributed by atoms with Crippen LogP contribution in [0.25, 0.3) is 0 Å². The lowest BCUT2D eigenvalue weighted by Crippen LogP contribution is -2.36. The Hall–Kier alpha value is -4.20. The summed E-state index contributed by atoms with van der Waals surface area (Å²) in [6.45, 7) is 6.58. The fraction of sp³-hybridized carbons (Fsp3) is 0.161. The molecule has 0 amide bonds. The Kier molecular flexibility index (Phi) is 7.13. The molecule has 8 heteroatoms. The summed E-state index contributed by atoms with van der Waals surface area (Å²) < 4.78 is 41.4. The highest BCUT2D eigenvalue weighted by Crippen LogP contribution is 2.45. The van der Waals surface area contributed by atoms with E-state index in [9.17, 15) is 17.3 Å². The third kappa shape index (κ3) is 5.51. The van der Waals surface area contributed by atoms with Crippen LogP contribution in [-0.4, -0.2) is 24.0 Å². The highest BCUT2D eigenvalue weighted by Gasteiger charge is 2.46. The third-order valence-electron chi connectivity index (χ3n) is 6.91. The molecule has 0 saturated heterocycles. The standard InChI is InChI=1S/C31H28N3.BF4/c1-21-18-22(2)29(23(3)19-21)33-20-34-30(25-14-8-5-9-15-25)28(24-12-6-4-7-13-24)32-31(34)26-16-10-11-17-27(26)33;2-1(3,4)5/h4-20,28,30H,1-3H3;/q+1;-1/t28-,30-;/m0./s1. The smallest absolute Gasteiger partial charge is 0.418 e. The molecule has 4 aromatic carbocycles. The monoisotopic (exact) mass is 529 g/mol. The number of hydrogen-bond acceptors (Lipinski definition) is 2. The lowest BCUT2D eigenvalue weighted by atomic mass is 9.94. The molecule has 0 saturated carbocycles. The number of para-hydroxylation sites is 1. The van der Waals surface area contributed by atoms with Crippen LogP contribution in [0.2, 0.25) is 0 Å². The van der Waals surface area contributed by atoms with Gasteiger partial charge in [0.05, 0.1) is 5.56 Å². The van der Waals surface area contributed by atoms with Gasteiger partial charge in [0.25, 0.3) is 5.84 Å². The summed E-state index contributed by atoms with van der Waals surface area (Å²) in [5.74, 6) is 1.04. The lowest BCUT2D eigenvalue weighted by Gasteiger charge is -2.28. The van der Waals surface area contributed by atoms with Crippen molar-refractivity contribution in [3.63, 3.8) is 0 Å². The molecular weight excluding hydrogens is 501 g/mol. The summed E-state index contributed by atoms with van der Waals surface area (Å²) >= 11 is 0. The fourth-order valence-corrected chi connectivity index (χ4v) is 5.58. The molecular formula is C31H28BF4N3. The second-order valence-electron chi connectivity index (χ2n) is 9.82. The maximum Gasteiger partial charge on any atom is 0.673 e. The van der Waals surface area contributed by atoms with Gasteiger partial charge in [0.1, 0.15) is 17.4 Å². The van der Waals surface area contributed by atoms with Gasteiger partial charge in [-0.15, -0.1) is 4.99 Å². The van der Waals surface area contributed by atoms with E-state index in [4.69, 9.17) is 4.99 Å². The molecule has 2 heterocycles. The molecule has 0 radical (unpaired) electrons. The SMILES string of the molecule is Cc1cc(C)c(N2C=[N+]3C(=N[C@@H](c4ccccc4)[C@@H]3c3ccccc3)c3ccccc32)c(C)c1.F[B-](F)(F)F. The van der Waals surface area contributed by atoms with Gasteiger partial charge in [0.2, 0.25) is 0 Å². The van der Waals surface area contributed by atoms with Crippen molar-refractivity contribution in [1.29, 1.82) is 0 Å². The number of halogens is 4. The summed E-state index contributed by atoms with van der Waals surface area (Å²) in [6, 6.07) is 34.7. The maximum absolute atomic E-state index is 9.75. The van der Waals surface area contributed by atoms with Crippen LogP contribution >= 0.6 is 0 Å². The zero-order chi connectivity index (χ0) is 27.7. The molecule has 2 aliphatic heterocycles. The molecule has 0 bridgehead atoms. The molecule has 0 aliphatic carbocycles. The molecule has 0 unspecified atom stereocenters. The van der Waals surface area contributed by atoms with E-state index in [2.05, 4.69) is 134 Å². The minimum Gasteiger partial charge on any atom is -0.418 e.